The Labute approximate surface area is 267 Å². The second-order valence-electron chi connectivity index (χ2n) is 18.1. The highest BCUT2D eigenvalue weighted by atomic mass is 28.4. The molecule has 2 N–H and O–H groups in total. The largest absolute Gasteiger partial charge is 0.413 e. The van der Waals surface area contributed by atoms with Gasteiger partial charge in [-0.2, -0.15) is 0 Å². The van der Waals surface area contributed by atoms with E-state index in [0.717, 1.165) is 25.7 Å². The summed E-state index contributed by atoms with van der Waals surface area (Å²) in [6.45, 7) is 28.9. The van der Waals surface area contributed by atoms with Gasteiger partial charge in [0.1, 0.15) is 0 Å². The molecule has 3 nitrogen and oxygen atoms in total. The molecule has 1 saturated carbocycles. The first-order valence-electron chi connectivity index (χ1n) is 18.3. The van der Waals surface area contributed by atoms with E-state index in [2.05, 4.69) is 74.6 Å². The molecule has 0 aliphatic heterocycles. The number of fused-ring (bicyclic) bond motifs is 4. The number of allylic oxidation sites excluding steroid dienone is 4. The van der Waals surface area contributed by atoms with Gasteiger partial charge < -0.3 is 14.6 Å². The fourth-order valence-electron chi connectivity index (χ4n) is 10.4. The van der Waals surface area contributed by atoms with Gasteiger partial charge in [0.2, 0.25) is 0 Å². The van der Waals surface area contributed by atoms with Crippen LogP contribution >= 0.6 is 0 Å². The van der Waals surface area contributed by atoms with Gasteiger partial charge in [-0.25, -0.2) is 0 Å². The van der Waals surface area contributed by atoms with Crippen molar-refractivity contribution < 1.29 is 14.6 Å². The van der Waals surface area contributed by atoms with Gasteiger partial charge >= 0.3 is 0 Å². The van der Waals surface area contributed by atoms with E-state index < -0.39 is 8.32 Å². The summed E-state index contributed by atoms with van der Waals surface area (Å²) in [6, 6.07) is 0. The number of rotatable bonds is 11. The lowest BCUT2D eigenvalue weighted by Crippen LogP contribution is -2.57. The standard InChI is InChI=1S/C39H70O3Si/c1-13-32(40)28(33(41)14-2)17-15-16-26(3)29-19-20-30-27-18-21-34-37(7,8)35(42-43(11,12)36(4,5)6)23-25-39(34,10)31(27)22-24-38(29,30)9/h20,26,28-29,32-35,40-41H,13-19,21-25H2,1-12H3/t26-,28?,29-,32?,33?,34+,35+,38-,39-/m1/s1. The third kappa shape index (κ3) is 6.31. The van der Waals surface area contributed by atoms with Crippen molar-refractivity contribution in [3.05, 3.63) is 22.8 Å². The number of hydrogen-bond acceptors (Lipinski definition) is 3. The minimum atomic E-state index is -1.82. The Morgan fingerprint density at radius 2 is 1.56 bits per heavy atom. The highest BCUT2D eigenvalue weighted by Crippen LogP contribution is 2.67. The van der Waals surface area contributed by atoms with Crippen molar-refractivity contribution >= 4 is 8.32 Å². The summed E-state index contributed by atoms with van der Waals surface area (Å²) in [5, 5.41) is 21.4. The van der Waals surface area contributed by atoms with E-state index in [-0.39, 0.29) is 28.6 Å². The molecule has 0 aromatic carbocycles. The zero-order valence-electron chi connectivity index (χ0n) is 30.4. The molecular weight excluding hydrogens is 545 g/mol. The first kappa shape index (κ1) is 35.4. The van der Waals surface area contributed by atoms with Gasteiger partial charge in [0, 0.05) is 5.92 Å². The van der Waals surface area contributed by atoms with Crippen LogP contribution in [0.15, 0.2) is 22.8 Å². The lowest BCUT2D eigenvalue weighted by atomic mass is 9.46. The molecule has 0 bridgehead atoms. The molecule has 4 heteroatoms. The Kier molecular flexibility index (Phi) is 10.4. The lowest BCUT2D eigenvalue weighted by Gasteiger charge is -2.61. The molecule has 248 valence electrons. The van der Waals surface area contributed by atoms with Gasteiger partial charge in [0.25, 0.3) is 0 Å². The molecule has 0 saturated heterocycles. The Balaban J connectivity index is 1.48. The van der Waals surface area contributed by atoms with Crippen molar-refractivity contribution in [1.82, 2.24) is 0 Å². The van der Waals surface area contributed by atoms with Crippen LogP contribution < -0.4 is 0 Å². The molecule has 8 atom stereocenters. The van der Waals surface area contributed by atoms with Crippen LogP contribution in [0.25, 0.3) is 0 Å². The molecule has 4 rings (SSSR count). The monoisotopic (exact) mass is 615 g/mol. The van der Waals surface area contributed by atoms with E-state index in [0.29, 0.717) is 34.7 Å². The van der Waals surface area contributed by atoms with E-state index in [1.807, 2.05) is 19.4 Å². The van der Waals surface area contributed by atoms with Gasteiger partial charge in [0.05, 0.1) is 18.3 Å². The van der Waals surface area contributed by atoms with Crippen molar-refractivity contribution in [2.45, 2.75) is 183 Å². The van der Waals surface area contributed by atoms with Crippen LogP contribution in [0.5, 0.6) is 0 Å². The first-order chi connectivity index (χ1) is 19.8. The molecule has 4 aliphatic rings. The molecule has 0 radical (unpaired) electrons. The normalized spacial score (nSPS) is 35.4. The molecule has 43 heavy (non-hydrogen) atoms. The van der Waals surface area contributed by atoms with Gasteiger partial charge in [-0.15, -0.1) is 0 Å². The predicted octanol–water partition coefficient (Wildman–Crippen LogP) is 10.6. The number of aliphatic hydroxyl groups is 2. The second kappa shape index (κ2) is 12.6. The van der Waals surface area contributed by atoms with Crippen LogP contribution in [-0.2, 0) is 4.43 Å². The van der Waals surface area contributed by atoms with Crippen LogP contribution in [0.4, 0.5) is 0 Å². The van der Waals surface area contributed by atoms with E-state index in [1.54, 1.807) is 11.1 Å². The van der Waals surface area contributed by atoms with Crippen molar-refractivity contribution in [3.8, 4) is 0 Å². The van der Waals surface area contributed by atoms with Gasteiger partial charge in [-0.1, -0.05) is 93.7 Å². The summed E-state index contributed by atoms with van der Waals surface area (Å²) in [5.74, 6) is 2.07. The molecule has 0 heterocycles. The Morgan fingerprint density at radius 3 is 2.14 bits per heavy atom. The summed E-state index contributed by atoms with van der Waals surface area (Å²) in [5.41, 5.74) is 6.10. The second-order valence-corrected chi connectivity index (χ2v) is 22.8. The van der Waals surface area contributed by atoms with Crippen LogP contribution in [0.2, 0.25) is 18.1 Å². The van der Waals surface area contributed by atoms with E-state index in [4.69, 9.17) is 4.43 Å². The first-order valence-corrected chi connectivity index (χ1v) is 21.2. The van der Waals surface area contributed by atoms with Crippen molar-refractivity contribution in [1.29, 1.82) is 0 Å². The van der Waals surface area contributed by atoms with Crippen molar-refractivity contribution in [2.24, 2.45) is 39.9 Å². The average molecular weight is 615 g/mol. The Morgan fingerprint density at radius 1 is 0.930 bits per heavy atom. The summed E-state index contributed by atoms with van der Waals surface area (Å²) >= 11 is 0. The van der Waals surface area contributed by atoms with E-state index in [9.17, 15) is 10.2 Å². The maximum absolute atomic E-state index is 10.6. The highest BCUT2D eigenvalue weighted by molar-refractivity contribution is 6.74. The average Bonchev–Trinajstić information content (AvgIpc) is 3.28. The summed E-state index contributed by atoms with van der Waals surface area (Å²) in [4.78, 5) is 0. The Hall–Kier alpha value is -0.423. The quantitative estimate of drug-likeness (QED) is 0.228. The van der Waals surface area contributed by atoms with Crippen molar-refractivity contribution in [3.63, 3.8) is 0 Å². The van der Waals surface area contributed by atoms with E-state index >= 15 is 0 Å². The van der Waals surface area contributed by atoms with Crippen LogP contribution in [0, 0.1) is 39.9 Å². The van der Waals surface area contributed by atoms with E-state index in [1.165, 1.54) is 51.4 Å². The van der Waals surface area contributed by atoms with Gasteiger partial charge in [0.15, 0.2) is 8.32 Å². The molecular formula is C39H70O3Si. The molecule has 4 aliphatic carbocycles. The fraction of sp³-hybridized carbons (Fsp3) is 0.897. The zero-order valence-corrected chi connectivity index (χ0v) is 31.4. The fourth-order valence-corrected chi connectivity index (χ4v) is 11.9. The number of hydrogen-bond donors (Lipinski definition) is 2. The van der Waals surface area contributed by atoms with Crippen LogP contribution in [0.3, 0.4) is 0 Å². The van der Waals surface area contributed by atoms with Crippen LogP contribution in [0.1, 0.15) is 146 Å². The third-order valence-corrected chi connectivity index (χ3v) is 18.8. The predicted molar refractivity (Wildman–Crippen MR) is 186 cm³/mol. The maximum atomic E-state index is 10.6. The smallest absolute Gasteiger partial charge is 0.192 e. The molecule has 0 spiro atoms. The summed E-state index contributed by atoms with van der Waals surface area (Å²) in [7, 11) is -1.82. The molecule has 1 fully saturated rings. The molecule has 0 aromatic rings. The van der Waals surface area contributed by atoms with Gasteiger partial charge in [-0.05, 0) is 127 Å². The maximum Gasteiger partial charge on any atom is 0.192 e. The topological polar surface area (TPSA) is 49.7 Å². The van der Waals surface area contributed by atoms with Crippen LogP contribution in [-0.4, -0.2) is 36.8 Å². The summed E-state index contributed by atoms with van der Waals surface area (Å²) < 4.78 is 7.18. The number of aliphatic hydroxyl groups excluding tert-OH is 2. The highest BCUT2D eigenvalue weighted by Gasteiger charge is 2.58. The van der Waals surface area contributed by atoms with Crippen molar-refractivity contribution in [2.75, 3.05) is 0 Å². The Bertz CT molecular complexity index is 1040. The minimum absolute atomic E-state index is 0.0139. The lowest BCUT2D eigenvalue weighted by molar-refractivity contribution is -0.0839. The molecule has 2 unspecified atom stereocenters. The zero-order chi connectivity index (χ0) is 32.2. The molecule has 0 aromatic heterocycles. The van der Waals surface area contributed by atoms with Gasteiger partial charge in [-0.3, -0.25) is 0 Å². The summed E-state index contributed by atoms with van der Waals surface area (Å²) in [6.07, 6.45) is 15.8. The molecule has 0 amide bonds. The SMILES string of the molecule is CCC(O)C(CCC[C@@H](C)[C@H]1CC=C2C3=C(CC[C@@]21C)[C@@]1(C)CC[C@H](O[Si](C)(C)C(C)(C)C)C(C)(C)[C@@H]1CC3)C(O)CC. The third-order valence-electron chi connectivity index (χ3n) is 14.3. The minimum Gasteiger partial charge on any atom is -0.413 e.